The number of hydrogen-bond donors (Lipinski definition) is 0. The van der Waals surface area contributed by atoms with Gasteiger partial charge in [-0.15, -0.1) is 5.10 Å². The van der Waals surface area contributed by atoms with E-state index in [0.29, 0.717) is 16.5 Å². The number of ether oxygens (including phenoxy) is 1. The van der Waals surface area contributed by atoms with Crippen molar-refractivity contribution in [3.63, 3.8) is 0 Å². The second kappa shape index (κ2) is 11.0. The molecule has 37 heavy (non-hydrogen) atoms. The van der Waals surface area contributed by atoms with Crippen molar-refractivity contribution in [3.8, 4) is 5.69 Å². The van der Waals surface area contributed by atoms with E-state index in [9.17, 15) is 4.79 Å². The average molecular weight is 527 g/mol. The fourth-order valence-electron chi connectivity index (χ4n) is 4.15. The van der Waals surface area contributed by atoms with Gasteiger partial charge in [0.25, 0.3) is 0 Å². The lowest BCUT2D eigenvalue weighted by molar-refractivity contribution is 0.0520. The molecule has 0 spiro atoms. The monoisotopic (exact) mass is 526 g/mol. The van der Waals surface area contributed by atoms with Crippen molar-refractivity contribution in [2.45, 2.75) is 6.92 Å². The van der Waals surface area contributed by atoms with Crippen LogP contribution in [0.2, 0.25) is 5.02 Å². The average Bonchev–Trinajstić information content (AvgIpc) is 3.37. The Labute approximate surface area is 220 Å². The third-order valence-corrected chi connectivity index (χ3v) is 9.70. The standard InChI is InChI=1S/C29H24ClN4O2P/c1-2-36-29(35)27-28(34(33-31-27)23-20-18-22(30)19-21-23)32-37(24-12-6-3-7-13-24,25-14-8-4-9-15-25)26-16-10-5-11-17-26/h3-21H,2H2,1H3. The van der Waals surface area contributed by atoms with Gasteiger partial charge < -0.3 is 4.74 Å². The molecule has 5 rings (SSSR count). The molecule has 6 nitrogen and oxygen atoms in total. The molecule has 1 heterocycles. The first-order valence-electron chi connectivity index (χ1n) is 11.8. The van der Waals surface area contributed by atoms with Crippen LogP contribution in [-0.2, 0) is 4.74 Å². The predicted molar refractivity (Wildman–Crippen MR) is 150 cm³/mol. The van der Waals surface area contributed by atoms with E-state index in [1.807, 2.05) is 66.7 Å². The van der Waals surface area contributed by atoms with Gasteiger partial charge in [-0.05, 0) is 31.2 Å². The quantitative estimate of drug-likeness (QED) is 0.195. The summed E-state index contributed by atoms with van der Waals surface area (Å²) in [7, 11) is -2.69. The Morgan fingerprint density at radius 3 is 1.76 bits per heavy atom. The third-order valence-electron chi connectivity index (χ3n) is 5.82. The molecule has 1 aromatic heterocycles. The van der Waals surface area contributed by atoms with Crippen molar-refractivity contribution in [1.82, 2.24) is 15.0 Å². The Kier molecular flexibility index (Phi) is 7.31. The summed E-state index contributed by atoms with van der Waals surface area (Å²) in [6.45, 7) is 1.97. The van der Waals surface area contributed by atoms with Gasteiger partial charge in [0.15, 0.2) is 5.82 Å². The maximum atomic E-state index is 13.1. The van der Waals surface area contributed by atoms with Crippen LogP contribution >= 0.6 is 18.7 Å². The molecule has 0 aliphatic heterocycles. The summed E-state index contributed by atoms with van der Waals surface area (Å²) in [5, 5.41) is 12.3. The Hall–Kier alpha value is -3.99. The lowest BCUT2D eigenvalue weighted by Gasteiger charge is -2.27. The molecule has 0 atom stereocenters. The zero-order valence-electron chi connectivity index (χ0n) is 20.1. The van der Waals surface area contributed by atoms with Crippen LogP contribution in [0.3, 0.4) is 0 Å². The summed E-state index contributed by atoms with van der Waals surface area (Å²) >= 11 is 6.15. The van der Waals surface area contributed by atoms with Crippen LogP contribution in [0.4, 0.5) is 5.82 Å². The Bertz CT molecular complexity index is 1450. The van der Waals surface area contributed by atoms with Gasteiger partial charge in [-0.1, -0.05) is 108 Å². The van der Waals surface area contributed by atoms with Crippen LogP contribution in [0.5, 0.6) is 0 Å². The summed E-state index contributed by atoms with van der Waals surface area (Å²) in [6.07, 6.45) is 0. The smallest absolute Gasteiger partial charge is 0.362 e. The zero-order valence-corrected chi connectivity index (χ0v) is 21.8. The van der Waals surface area contributed by atoms with Crippen LogP contribution in [0.15, 0.2) is 120 Å². The van der Waals surface area contributed by atoms with E-state index >= 15 is 0 Å². The second-order valence-electron chi connectivity index (χ2n) is 8.11. The maximum Gasteiger partial charge on any atom is 0.362 e. The summed E-state index contributed by atoms with van der Waals surface area (Å²) < 4.78 is 12.4. The highest BCUT2D eigenvalue weighted by Crippen LogP contribution is 2.49. The van der Waals surface area contributed by atoms with Crippen molar-refractivity contribution in [3.05, 3.63) is 126 Å². The van der Waals surface area contributed by atoms with Gasteiger partial charge in [0, 0.05) is 20.9 Å². The molecular formula is C29H24ClN4O2P. The molecule has 0 aliphatic rings. The van der Waals surface area contributed by atoms with Gasteiger partial charge in [-0.25, -0.2) is 9.54 Å². The molecule has 0 N–H and O–H groups in total. The van der Waals surface area contributed by atoms with Crippen LogP contribution in [-0.4, -0.2) is 27.6 Å². The first-order chi connectivity index (χ1) is 18.1. The topological polar surface area (TPSA) is 69.4 Å². The molecule has 8 heteroatoms. The molecule has 0 radical (unpaired) electrons. The molecule has 0 aliphatic carbocycles. The van der Waals surface area contributed by atoms with Crippen LogP contribution in [0, 0.1) is 0 Å². The summed E-state index contributed by atoms with van der Waals surface area (Å²) in [5.74, 6) is -0.251. The molecule has 184 valence electrons. The fraction of sp³-hybridized carbons (Fsp3) is 0.0690. The summed E-state index contributed by atoms with van der Waals surface area (Å²) in [6, 6.07) is 37.6. The van der Waals surface area contributed by atoms with Crippen LogP contribution in [0.25, 0.3) is 5.69 Å². The molecule has 0 saturated carbocycles. The second-order valence-corrected chi connectivity index (χ2v) is 11.6. The molecule has 0 amide bonds. The minimum Gasteiger partial charge on any atom is -0.461 e. The van der Waals surface area contributed by atoms with Gasteiger partial charge in [-0.3, -0.25) is 0 Å². The summed E-state index contributed by atoms with van der Waals surface area (Å²) in [5.41, 5.74) is 0.738. The lowest BCUT2D eigenvalue weighted by atomic mass is 10.3. The molecule has 0 unspecified atom stereocenters. The van der Waals surface area contributed by atoms with Crippen LogP contribution in [0.1, 0.15) is 17.4 Å². The minimum atomic E-state index is -2.69. The van der Waals surface area contributed by atoms with Gasteiger partial charge in [-0.2, -0.15) is 4.68 Å². The maximum absolute atomic E-state index is 13.1. The van der Waals surface area contributed by atoms with Gasteiger partial charge >= 0.3 is 5.97 Å². The Morgan fingerprint density at radius 1 is 0.811 bits per heavy atom. The first kappa shape index (κ1) is 24.7. The molecule has 4 aromatic carbocycles. The molecule has 0 saturated heterocycles. The van der Waals surface area contributed by atoms with Crippen molar-refractivity contribution in [2.24, 2.45) is 4.74 Å². The number of nitrogens with zero attached hydrogens (tertiary/aromatic N) is 4. The predicted octanol–water partition coefficient (Wildman–Crippen LogP) is 5.91. The van der Waals surface area contributed by atoms with Crippen molar-refractivity contribution in [2.75, 3.05) is 6.61 Å². The number of aromatic nitrogens is 3. The van der Waals surface area contributed by atoms with E-state index in [4.69, 9.17) is 21.1 Å². The number of carbonyl (C=O) groups is 1. The number of benzene rings is 4. The molecule has 0 fully saturated rings. The SMILES string of the molecule is CCOC(=O)c1nnn(-c2ccc(Cl)cc2)c1N=P(c1ccccc1)(c1ccccc1)c1ccccc1. The number of halogens is 1. The van der Waals surface area contributed by atoms with Gasteiger partial charge in [0.2, 0.25) is 5.69 Å². The minimum absolute atomic E-state index is 0.0592. The first-order valence-corrected chi connectivity index (χ1v) is 13.9. The third kappa shape index (κ3) is 4.86. The van der Waals surface area contributed by atoms with Crippen LogP contribution < -0.4 is 15.9 Å². The number of hydrogen-bond acceptors (Lipinski definition) is 5. The molecule has 0 bridgehead atoms. The largest absolute Gasteiger partial charge is 0.461 e. The van der Waals surface area contributed by atoms with E-state index in [2.05, 4.69) is 46.7 Å². The summed E-state index contributed by atoms with van der Waals surface area (Å²) in [4.78, 5) is 13.1. The normalized spacial score (nSPS) is 11.2. The fourth-order valence-corrected chi connectivity index (χ4v) is 7.79. The number of carbonyl (C=O) groups excluding carboxylic acids is 1. The molecular weight excluding hydrogens is 503 g/mol. The highest BCUT2D eigenvalue weighted by atomic mass is 35.5. The van der Waals surface area contributed by atoms with E-state index < -0.39 is 13.0 Å². The highest BCUT2D eigenvalue weighted by Gasteiger charge is 2.31. The zero-order chi connectivity index (χ0) is 25.7. The van der Waals surface area contributed by atoms with E-state index in [-0.39, 0.29) is 12.3 Å². The Morgan fingerprint density at radius 2 is 1.30 bits per heavy atom. The van der Waals surface area contributed by atoms with Gasteiger partial charge in [0.05, 0.1) is 19.3 Å². The number of esters is 1. The van der Waals surface area contributed by atoms with E-state index in [1.165, 1.54) is 0 Å². The lowest BCUT2D eigenvalue weighted by Crippen LogP contribution is -2.25. The van der Waals surface area contributed by atoms with Crippen molar-refractivity contribution < 1.29 is 9.53 Å². The number of rotatable bonds is 7. The Balaban J connectivity index is 1.92. The van der Waals surface area contributed by atoms with Crippen molar-refractivity contribution >= 4 is 46.4 Å². The highest BCUT2D eigenvalue weighted by molar-refractivity contribution is 7.87. The van der Waals surface area contributed by atoms with E-state index in [0.717, 1.165) is 15.9 Å². The van der Waals surface area contributed by atoms with Gasteiger partial charge in [0.1, 0.15) is 0 Å². The van der Waals surface area contributed by atoms with Crippen molar-refractivity contribution in [1.29, 1.82) is 0 Å². The molecule has 5 aromatic rings. The van der Waals surface area contributed by atoms with E-state index in [1.54, 1.807) is 23.7 Å².